The third-order valence-electron chi connectivity index (χ3n) is 3.55. The predicted octanol–water partition coefficient (Wildman–Crippen LogP) is 1.21. The summed E-state index contributed by atoms with van der Waals surface area (Å²) in [6, 6.07) is 2.13. The summed E-state index contributed by atoms with van der Waals surface area (Å²) in [5, 5.41) is 0. The maximum absolute atomic E-state index is 5.89. The molecule has 20 heavy (non-hydrogen) atoms. The molecular weight excluding hydrogens is 256 g/mol. The average molecular weight is 280 g/mol. The first-order valence-corrected chi connectivity index (χ1v) is 7.12. The van der Waals surface area contributed by atoms with E-state index in [0.29, 0.717) is 12.4 Å². The van der Waals surface area contributed by atoms with Gasteiger partial charge in [0, 0.05) is 32.3 Å². The van der Waals surface area contributed by atoms with Crippen LogP contribution in [0.3, 0.4) is 0 Å². The highest BCUT2D eigenvalue weighted by molar-refractivity contribution is 5.42. The van der Waals surface area contributed by atoms with Crippen molar-refractivity contribution in [2.45, 2.75) is 44.9 Å². The Kier molecular flexibility index (Phi) is 5.14. The van der Waals surface area contributed by atoms with Crippen LogP contribution >= 0.6 is 0 Å². The van der Waals surface area contributed by atoms with Gasteiger partial charge in [0.25, 0.3) is 0 Å². The summed E-state index contributed by atoms with van der Waals surface area (Å²) < 4.78 is 11.1. The summed E-state index contributed by atoms with van der Waals surface area (Å²) in [5.41, 5.74) is 5.89. The highest BCUT2D eigenvalue weighted by Gasteiger charge is 2.28. The SMILES string of the molecule is COC1CCN(c2cc(OC(C)C)ncn2)C(CN)C1. The Labute approximate surface area is 120 Å². The topological polar surface area (TPSA) is 73.5 Å². The van der Waals surface area contributed by atoms with Gasteiger partial charge in [-0.15, -0.1) is 0 Å². The summed E-state index contributed by atoms with van der Waals surface area (Å²) in [6.45, 7) is 5.44. The van der Waals surface area contributed by atoms with Gasteiger partial charge in [-0.3, -0.25) is 0 Å². The van der Waals surface area contributed by atoms with E-state index in [1.807, 2.05) is 19.9 Å². The number of hydrogen-bond acceptors (Lipinski definition) is 6. The van der Waals surface area contributed by atoms with Crippen LogP contribution in [-0.4, -0.2) is 48.4 Å². The summed E-state index contributed by atoms with van der Waals surface area (Å²) >= 11 is 0. The quantitative estimate of drug-likeness (QED) is 0.874. The smallest absolute Gasteiger partial charge is 0.218 e. The second-order valence-electron chi connectivity index (χ2n) is 5.35. The number of rotatable bonds is 5. The lowest BCUT2D eigenvalue weighted by Crippen LogP contribution is -2.49. The van der Waals surface area contributed by atoms with Gasteiger partial charge in [-0.05, 0) is 26.7 Å². The molecule has 2 heterocycles. The number of nitrogens with zero attached hydrogens (tertiary/aromatic N) is 3. The predicted molar refractivity (Wildman–Crippen MR) is 78.0 cm³/mol. The molecule has 0 aliphatic carbocycles. The van der Waals surface area contributed by atoms with Crippen LogP contribution in [0.5, 0.6) is 5.88 Å². The van der Waals surface area contributed by atoms with Gasteiger partial charge in [-0.2, -0.15) is 0 Å². The lowest BCUT2D eigenvalue weighted by molar-refractivity contribution is 0.0707. The normalized spacial score (nSPS) is 23.1. The number of methoxy groups -OCH3 is 1. The average Bonchev–Trinajstić information content (AvgIpc) is 2.46. The molecule has 112 valence electrons. The fourth-order valence-electron chi connectivity index (χ4n) is 2.55. The van der Waals surface area contributed by atoms with Crippen LogP contribution < -0.4 is 15.4 Å². The van der Waals surface area contributed by atoms with Gasteiger partial charge in [0.1, 0.15) is 12.1 Å². The van der Waals surface area contributed by atoms with Crippen molar-refractivity contribution in [1.82, 2.24) is 9.97 Å². The Bertz CT molecular complexity index is 427. The fourth-order valence-corrected chi connectivity index (χ4v) is 2.55. The van der Waals surface area contributed by atoms with Crippen molar-refractivity contribution < 1.29 is 9.47 Å². The molecule has 1 aliphatic heterocycles. The Morgan fingerprint density at radius 1 is 1.45 bits per heavy atom. The third-order valence-corrected chi connectivity index (χ3v) is 3.55. The van der Waals surface area contributed by atoms with E-state index in [2.05, 4.69) is 14.9 Å². The summed E-state index contributed by atoms with van der Waals surface area (Å²) in [7, 11) is 1.76. The van der Waals surface area contributed by atoms with E-state index < -0.39 is 0 Å². The number of hydrogen-bond donors (Lipinski definition) is 1. The van der Waals surface area contributed by atoms with Gasteiger partial charge in [-0.1, -0.05) is 0 Å². The van der Waals surface area contributed by atoms with Crippen LogP contribution in [0.4, 0.5) is 5.82 Å². The van der Waals surface area contributed by atoms with E-state index in [-0.39, 0.29) is 18.2 Å². The van der Waals surface area contributed by atoms with E-state index in [1.165, 1.54) is 0 Å². The molecule has 1 aliphatic rings. The minimum absolute atomic E-state index is 0.0993. The molecule has 2 atom stereocenters. The molecule has 1 aromatic heterocycles. The molecule has 2 N–H and O–H groups in total. The first-order valence-electron chi connectivity index (χ1n) is 7.12. The Morgan fingerprint density at radius 2 is 2.25 bits per heavy atom. The third kappa shape index (κ3) is 3.58. The van der Waals surface area contributed by atoms with E-state index in [4.69, 9.17) is 15.2 Å². The van der Waals surface area contributed by atoms with Crippen molar-refractivity contribution in [2.75, 3.05) is 25.1 Å². The standard InChI is InChI=1S/C14H24N4O2/c1-10(2)20-14-7-13(16-9-17-14)18-5-4-12(19-3)6-11(18)8-15/h7,9-12H,4-6,8,15H2,1-3H3. The minimum atomic E-state index is 0.0993. The van der Waals surface area contributed by atoms with Gasteiger partial charge in [0.15, 0.2) is 0 Å². The molecule has 0 saturated carbocycles. The molecular formula is C14H24N4O2. The van der Waals surface area contributed by atoms with Crippen molar-refractivity contribution in [3.8, 4) is 5.88 Å². The minimum Gasteiger partial charge on any atom is -0.475 e. The molecule has 0 spiro atoms. The number of aromatic nitrogens is 2. The van der Waals surface area contributed by atoms with E-state index in [9.17, 15) is 0 Å². The van der Waals surface area contributed by atoms with E-state index in [1.54, 1.807) is 13.4 Å². The Morgan fingerprint density at radius 3 is 2.90 bits per heavy atom. The van der Waals surface area contributed by atoms with E-state index >= 15 is 0 Å². The van der Waals surface area contributed by atoms with Gasteiger partial charge in [0.05, 0.1) is 12.2 Å². The molecule has 0 aromatic carbocycles. The number of anilines is 1. The van der Waals surface area contributed by atoms with Gasteiger partial charge in [0.2, 0.25) is 5.88 Å². The monoisotopic (exact) mass is 280 g/mol. The highest BCUT2D eigenvalue weighted by Crippen LogP contribution is 2.26. The molecule has 0 amide bonds. The highest BCUT2D eigenvalue weighted by atomic mass is 16.5. The van der Waals surface area contributed by atoms with Crippen molar-refractivity contribution >= 4 is 5.82 Å². The number of ether oxygens (including phenoxy) is 2. The lowest BCUT2D eigenvalue weighted by atomic mass is 9.99. The van der Waals surface area contributed by atoms with Crippen LogP contribution in [0.25, 0.3) is 0 Å². The van der Waals surface area contributed by atoms with Gasteiger partial charge in [-0.25, -0.2) is 9.97 Å². The summed E-state index contributed by atoms with van der Waals surface area (Å²) in [4.78, 5) is 10.7. The Balaban J connectivity index is 2.13. The molecule has 1 aromatic rings. The second-order valence-corrected chi connectivity index (χ2v) is 5.35. The van der Waals surface area contributed by atoms with Crippen LogP contribution in [0, 0.1) is 0 Å². The van der Waals surface area contributed by atoms with Crippen molar-refractivity contribution in [1.29, 1.82) is 0 Å². The zero-order valence-corrected chi connectivity index (χ0v) is 12.5. The molecule has 6 heteroatoms. The van der Waals surface area contributed by atoms with Crippen LogP contribution in [0.15, 0.2) is 12.4 Å². The lowest BCUT2D eigenvalue weighted by Gasteiger charge is -2.39. The first-order chi connectivity index (χ1) is 9.63. The van der Waals surface area contributed by atoms with Gasteiger partial charge >= 0.3 is 0 Å². The molecule has 0 radical (unpaired) electrons. The molecule has 2 rings (SSSR count). The van der Waals surface area contributed by atoms with Crippen molar-refractivity contribution in [3.05, 3.63) is 12.4 Å². The number of nitrogens with two attached hydrogens (primary N) is 1. The molecule has 1 fully saturated rings. The molecule has 1 saturated heterocycles. The second kappa shape index (κ2) is 6.85. The first kappa shape index (κ1) is 15.0. The summed E-state index contributed by atoms with van der Waals surface area (Å²) in [6.07, 6.45) is 3.84. The van der Waals surface area contributed by atoms with E-state index in [0.717, 1.165) is 25.2 Å². The zero-order valence-electron chi connectivity index (χ0n) is 12.5. The maximum atomic E-state index is 5.89. The van der Waals surface area contributed by atoms with Gasteiger partial charge < -0.3 is 20.1 Å². The largest absolute Gasteiger partial charge is 0.475 e. The maximum Gasteiger partial charge on any atom is 0.218 e. The zero-order chi connectivity index (χ0) is 14.5. The fraction of sp³-hybridized carbons (Fsp3) is 0.714. The number of piperidine rings is 1. The van der Waals surface area contributed by atoms with Crippen molar-refractivity contribution in [3.63, 3.8) is 0 Å². The molecule has 2 unspecified atom stereocenters. The summed E-state index contributed by atoms with van der Waals surface area (Å²) in [5.74, 6) is 1.48. The van der Waals surface area contributed by atoms with Crippen molar-refractivity contribution in [2.24, 2.45) is 5.73 Å². The van der Waals surface area contributed by atoms with Crippen LogP contribution in [0.2, 0.25) is 0 Å². The van der Waals surface area contributed by atoms with Crippen LogP contribution in [0.1, 0.15) is 26.7 Å². The molecule has 6 nitrogen and oxygen atoms in total. The van der Waals surface area contributed by atoms with Crippen LogP contribution in [-0.2, 0) is 4.74 Å². The Hall–Kier alpha value is -1.40. The molecule has 0 bridgehead atoms.